The fourth-order valence-corrected chi connectivity index (χ4v) is 0.725. The highest BCUT2D eigenvalue weighted by molar-refractivity contribution is 5.78. The Bertz CT molecular complexity index is 197. The van der Waals surface area contributed by atoms with Crippen molar-refractivity contribution in [3.63, 3.8) is 0 Å². The highest BCUT2D eigenvalue weighted by Crippen LogP contribution is 1.76. The molecule has 0 aliphatic rings. The quantitative estimate of drug-likeness (QED) is 0.375. The maximum atomic E-state index is 11.0. The van der Waals surface area contributed by atoms with Crippen LogP contribution in [-0.2, 0) is 19.1 Å². The summed E-state index contributed by atoms with van der Waals surface area (Å²) in [6.07, 6.45) is 0. The van der Waals surface area contributed by atoms with Gasteiger partial charge in [-0.1, -0.05) is 0 Å². The van der Waals surface area contributed by atoms with Crippen LogP contribution in [0, 0.1) is 0 Å². The lowest BCUT2D eigenvalue weighted by atomic mass is 10.5. The molecule has 0 unspecified atom stereocenters. The Morgan fingerprint density at radius 2 is 1.93 bits per heavy atom. The minimum absolute atomic E-state index is 0.0460. The SMILES string of the molecule is NC(=O)COCC(=O)NCCOCCO. The van der Waals surface area contributed by atoms with E-state index in [-0.39, 0.29) is 32.3 Å². The standard InChI is InChI=1S/C8H16N2O5/c9-7(12)5-15-6-8(13)10-1-3-14-4-2-11/h11H,1-6H2,(H2,9,12)(H,10,13). The smallest absolute Gasteiger partial charge is 0.246 e. The summed E-state index contributed by atoms with van der Waals surface area (Å²) < 4.78 is 9.56. The highest BCUT2D eigenvalue weighted by atomic mass is 16.5. The summed E-state index contributed by atoms with van der Waals surface area (Å²) in [6, 6.07) is 0. The minimum Gasteiger partial charge on any atom is -0.394 e. The van der Waals surface area contributed by atoms with E-state index < -0.39 is 5.91 Å². The van der Waals surface area contributed by atoms with Crippen molar-refractivity contribution in [2.24, 2.45) is 5.73 Å². The molecule has 0 heterocycles. The van der Waals surface area contributed by atoms with Crippen LogP contribution in [0.4, 0.5) is 0 Å². The molecule has 0 spiro atoms. The molecule has 0 aliphatic carbocycles. The van der Waals surface area contributed by atoms with Crippen LogP contribution in [0.15, 0.2) is 0 Å². The molecule has 0 saturated carbocycles. The first-order valence-corrected chi connectivity index (χ1v) is 4.48. The summed E-state index contributed by atoms with van der Waals surface area (Å²) in [4.78, 5) is 21.2. The molecule has 0 atom stereocenters. The van der Waals surface area contributed by atoms with Gasteiger partial charge in [-0.05, 0) is 0 Å². The summed E-state index contributed by atoms with van der Waals surface area (Å²) in [7, 11) is 0. The first kappa shape index (κ1) is 13.8. The van der Waals surface area contributed by atoms with Crippen molar-refractivity contribution in [2.45, 2.75) is 0 Å². The van der Waals surface area contributed by atoms with E-state index in [1.807, 2.05) is 0 Å². The Morgan fingerprint density at radius 3 is 2.53 bits per heavy atom. The third kappa shape index (κ3) is 10.7. The zero-order valence-corrected chi connectivity index (χ0v) is 8.40. The van der Waals surface area contributed by atoms with Crippen molar-refractivity contribution in [1.82, 2.24) is 5.32 Å². The number of aliphatic hydroxyl groups is 1. The maximum absolute atomic E-state index is 11.0. The Balaban J connectivity index is 3.22. The molecule has 0 rings (SSSR count). The van der Waals surface area contributed by atoms with Gasteiger partial charge in [-0.25, -0.2) is 0 Å². The number of carbonyl (C=O) groups excluding carboxylic acids is 2. The average molecular weight is 220 g/mol. The normalized spacial score (nSPS) is 9.93. The Labute approximate surface area is 87.5 Å². The number of nitrogens with two attached hydrogens (primary N) is 1. The number of hydrogen-bond acceptors (Lipinski definition) is 5. The van der Waals surface area contributed by atoms with E-state index in [1.165, 1.54) is 0 Å². The molecular formula is C8H16N2O5. The number of rotatable bonds is 9. The molecule has 0 aromatic carbocycles. The number of nitrogens with one attached hydrogen (secondary N) is 1. The van der Waals surface area contributed by atoms with Gasteiger partial charge in [-0.3, -0.25) is 9.59 Å². The summed E-state index contributed by atoms with van der Waals surface area (Å²) in [5.41, 5.74) is 4.79. The zero-order chi connectivity index (χ0) is 11.5. The molecular weight excluding hydrogens is 204 g/mol. The van der Waals surface area contributed by atoms with Crippen LogP contribution in [0.3, 0.4) is 0 Å². The van der Waals surface area contributed by atoms with E-state index >= 15 is 0 Å². The first-order valence-electron chi connectivity index (χ1n) is 4.48. The highest BCUT2D eigenvalue weighted by Gasteiger charge is 2.01. The lowest BCUT2D eigenvalue weighted by Crippen LogP contribution is -2.32. The molecule has 0 saturated heterocycles. The number of amides is 2. The van der Waals surface area contributed by atoms with Crippen molar-refractivity contribution >= 4 is 11.8 Å². The maximum Gasteiger partial charge on any atom is 0.246 e. The van der Waals surface area contributed by atoms with Gasteiger partial charge in [0.25, 0.3) is 0 Å². The topological polar surface area (TPSA) is 111 Å². The van der Waals surface area contributed by atoms with E-state index in [1.54, 1.807) is 0 Å². The van der Waals surface area contributed by atoms with Crippen LogP contribution in [0.1, 0.15) is 0 Å². The molecule has 0 aromatic rings. The van der Waals surface area contributed by atoms with Crippen molar-refractivity contribution < 1.29 is 24.2 Å². The molecule has 0 bridgehead atoms. The minimum atomic E-state index is -0.617. The monoisotopic (exact) mass is 220 g/mol. The number of ether oxygens (including phenoxy) is 2. The zero-order valence-electron chi connectivity index (χ0n) is 8.40. The van der Waals surface area contributed by atoms with E-state index in [9.17, 15) is 9.59 Å². The molecule has 7 nitrogen and oxygen atoms in total. The van der Waals surface area contributed by atoms with Crippen LogP contribution >= 0.6 is 0 Å². The van der Waals surface area contributed by atoms with Gasteiger partial charge in [0.05, 0.1) is 19.8 Å². The predicted molar refractivity (Wildman–Crippen MR) is 50.9 cm³/mol. The van der Waals surface area contributed by atoms with Crippen LogP contribution in [-0.4, -0.2) is 56.5 Å². The number of aliphatic hydroxyl groups excluding tert-OH is 1. The fourth-order valence-electron chi connectivity index (χ4n) is 0.725. The molecule has 4 N–H and O–H groups in total. The predicted octanol–water partition coefficient (Wildman–Crippen LogP) is -2.39. The molecule has 0 fully saturated rings. The lowest BCUT2D eigenvalue weighted by molar-refractivity contribution is -0.129. The van der Waals surface area contributed by atoms with Gasteiger partial charge in [-0.15, -0.1) is 0 Å². The molecule has 0 aliphatic heterocycles. The Kier molecular flexibility index (Phi) is 8.64. The second-order valence-electron chi connectivity index (χ2n) is 2.65. The van der Waals surface area contributed by atoms with Gasteiger partial charge in [0.2, 0.25) is 11.8 Å². The summed E-state index contributed by atoms with van der Waals surface area (Å²) in [5.74, 6) is -0.960. The Morgan fingerprint density at radius 1 is 1.20 bits per heavy atom. The Hall–Kier alpha value is -1.18. The number of carbonyl (C=O) groups is 2. The van der Waals surface area contributed by atoms with Gasteiger partial charge < -0.3 is 25.6 Å². The van der Waals surface area contributed by atoms with Crippen LogP contribution in [0.5, 0.6) is 0 Å². The van der Waals surface area contributed by atoms with Crippen molar-refractivity contribution in [2.75, 3.05) is 39.6 Å². The first-order chi connectivity index (χ1) is 7.16. The van der Waals surface area contributed by atoms with Gasteiger partial charge in [0.1, 0.15) is 13.2 Å². The number of primary amides is 1. The van der Waals surface area contributed by atoms with Crippen molar-refractivity contribution in [1.29, 1.82) is 0 Å². The molecule has 15 heavy (non-hydrogen) atoms. The van der Waals surface area contributed by atoms with Crippen LogP contribution in [0.2, 0.25) is 0 Å². The van der Waals surface area contributed by atoms with Crippen LogP contribution < -0.4 is 11.1 Å². The second kappa shape index (κ2) is 9.38. The molecule has 0 radical (unpaired) electrons. The molecule has 7 heteroatoms. The lowest BCUT2D eigenvalue weighted by Gasteiger charge is -2.05. The molecule has 88 valence electrons. The van der Waals surface area contributed by atoms with Crippen LogP contribution in [0.25, 0.3) is 0 Å². The van der Waals surface area contributed by atoms with E-state index in [0.29, 0.717) is 13.2 Å². The third-order valence-corrected chi connectivity index (χ3v) is 1.28. The van der Waals surface area contributed by atoms with Gasteiger partial charge in [0.15, 0.2) is 0 Å². The van der Waals surface area contributed by atoms with E-state index in [0.717, 1.165) is 0 Å². The third-order valence-electron chi connectivity index (χ3n) is 1.28. The second-order valence-corrected chi connectivity index (χ2v) is 2.65. The number of hydrogen-bond donors (Lipinski definition) is 3. The van der Waals surface area contributed by atoms with E-state index in [2.05, 4.69) is 10.1 Å². The van der Waals surface area contributed by atoms with Gasteiger partial charge >= 0.3 is 0 Å². The van der Waals surface area contributed by atoms with Gasteiger partial charge in [0, 0.05) is 6.54 Å². The molecule has 2 amide bonds. The fraction of sp³-hybridized carbons (Fsp3) is 0.750. The largest absolute Gasteiger partial charge is 0.394 e. The average Bonchev–Trinajstić information content (AvgIpc) is 2.17. The molecule has 0 aromatic heterocycles. The summed E-state index contributed by atoms with van der Waals surface area (Å²) >= 11 is 0. The summed E-state index contributed by atoms with van der Waals surface area (Å²) in [6.45, 7) is 0.377. The van der Waals surface area contributed by atoms with E-state index in [4.69, 9.17) is 15.6 Å². The summed E-state index contributed by atoms with van der Waals surface area (Å²) in [5, 5.41) is 10.9. The van der Waals surface area contributed by atoms with Gasteiger partial charge in [-0.2, -0.15) is 0 Å². The van der Waals surface area contributed by atoms with Crippen molar-refractivity contribution in [3.05, 3.63) is 0 Å². The van der Waals surface area contributed by atoms with Crippen molar-refractivity contribution in [3.8, 4) is 0 Å².